The summed E-state index contributed by atoms with van der Waals surface area (Å²) >= 11 is 0. The van der Waals surface area contributed by atoms with Crippen LogP contribution in [0, 0.1) is 0 Å². The fraction of sp³-hybridized carbons (Fsp3) is 0.353. The van der Waals surface area contributed by atoms with Crippen LogP contribution in [0.3, 0.4) is 0 Å². The molecular formula is C17H20F2N6O. The molecule has 9 heteroatoms. The van der Waals surface area contributed by atoms with E-state index < -0.39 is 6.43 Å². The Bertz CT molecular complexity index is 839. The van der Waals surface area contributed by atoms with Gasteiger partial charge in [-0.1, -0.05) is 12.1 Å². The molecule has 0 radical (unpaired) electrons. The van der Waals surface area contributed by atoms with E-state index in [4.69, 9.17) is 10.5 Å². The fourth-order valence-electron chi connectivity index (χ4n) is 2.85. The van der Waals surface area contributed by atoms with Gasteiger partial charge in [-0.15, -0.1) is 0 Å². The van der Waals surface area contributed by atoms with Crippen molar-refractivity contribution in [2.24, 2.45) is 15.7 Å². The number of morpholine rings is 1. The van der Waals surface area contributed by atoms with Crippen molar-refractivity contribution < 1.29 is 13.5 Å². The number of rotatable bonds is 5. The Labute approximate surface area is 149 Å². The molecule has 0 aliphatic carbocycles. The van der Waals surface area contributed by atoms with E-state index in [2.05, 4.69) is 21.7 Å². The quantitative estimate of drug-likeness (QED) is 0.652. The molecule has 0 unspecified atom stereocenters. The first kappa shape index (κ1) is 18.2. The summed E-state index contributed by atoms with van der Waals surface area (Å²) in [6.07, 6.45) is -1.16. The van der Waals surface area contributed by atoms with Gasteiger partial charge in [0.2, 0.25) is 0 Å². The molecule has 1 fully saturated rings. The molecule has 0 saturated carbocycles. The van der Waals surface area contributed by atoms with Gasteiger partial charge in [-0.2, -0.15) is 0 Å². The molecule has 26 heavy (non-hydrogen) atoms. The zero-order valence-electron chi connectivity index (χ0n) is 14.2. The molecule has 1 aromatic carbocycles. The minimum atomic E-state index is -2.76. The average molecular weight is 362 g/mol. The first-order valence-electron chi connectivity index (χ1n) is 8.17. The predicted molar refractivity (Wildman–Crippen MR) is 96.6 cm³/mol. The van der Waals surface area contributed by atoms with Crippen molar-refractivity contribution in [3.63, 3.8) is 0 Å². The van der Waals surface area contributed by atoms with Gasteiger partial charge < -0.3 is 15.4 Å². The summed E-state index contributed by atoms with van der Waals surface area (Å²) in [5.74, 6) is 0.379. The van der Waals surface area contributed by atoms with Crippen LogP contribution < -0.4 is 5.73 Å². The van der Waals surface area contributed by atoms with Gasteiger partial charge in [-0.05, 0) is 18.9 Å². The second-order valence-electron chi connectivity index (χ2n) is 5.55. The minimum Gasteiger partial charge on any atom is -0.378 e. The minimum absolute atomic E-state index is 0.0610. The van der Waals surface area contributed by atoms with Gasteiger partial charge >= 0.3 is 0 Å². The van der Waals surface area contributed by atoms with Gasteiger partial charge in [0.25, 0.3) is 6.43 Å². The Morgan fingerprint density at radius 1 is 1.35 bits per heavy atom. The maximum Gasteiger partial charge on any atom is 0.296 e. The van der Waals surface area contributed by atoms with E-state index in [9.17, 15) is 8.78 Å². The lowest BCUT2D eigenvalue weighted by Crippen LogP contribution is -2.35. The first-order valence-corrected chi connectivity index (χ1v) is 8.17. The van der Waals surface area contributed by atoms with Gasteiger partial charge in [-0.25, -0.2) is 18.8 Å². The number of fused-ring (bicyclic) bond motifs is 1. The van der Waals surface area contributed by atoms with Crippen LogP contribution in [0.25, 0.3) is 11.0 Å². The van der Waals surface area contributed by atoms with Crippen molar-refractivity contribution in [2.45, 2.75) is 6.43 Å². The second-order valence-corrected chi connectivity index (χ2v) is 5.55. The number of nitrogens with two attached hydrogens (primary N) is 1. The highest BCUT2D eigenvalue weighted by Crippen LogP contribution is 2.25. The molecular weight excluding hydrogens is 342 g/mol. The lowest BCUT2D eigenvalue weighted by atomic mass is 10.3. The maximum atomic E-state index is 13.6. The maximum absolute atomic E-state index is 13.6. The van der Waals surface area contributed by atoms with Gasteiger partial charge in [0.05, 0.1) is 30.9 Å². The number of aliphatic imine (C=N–C) groups is 2. The molecule has 2 heterocycles. The number of allylic oxidation sites excluding steroid dienone is 1. The largest absolute Gasteiger partial charge is 0.378 e. The number of nitrogens with zero attached hydrogens (tertiary/aromatic N) is 5. The molecule has 2 aromatic rings. The number of aromatic nitrogens is 2. The highest BCUT2D eigenvalue weighted by Gasteiger charge is 2.22. The van der Waals surface area contributed by atoms with Gasteiger partial charge in [-0.3, -0.25) is 9.56 Å². The van der Waals surface area contributed by atoms with Gasteiger partial charge in [0, 0.05) is 19.2 Å². The van der Waals surface area contributed by atoms with E-state index in [1.54, 1.807) is 30.3 Å². The molecule has 2 N–H and O–H groups in total. The zero-order chi connectivity index (χ0) is 18.5. The van der Waals surface area contributed by atoms with Crippen molar-refractivity contribution >= 4 is 23.6 Å². The van der Waals surface area contributed by atoms with Crippen molar-refractivity contribution in [1.29, 1.82) is 0 Å². The Morgan fingerprint density at radius 2 is 2.08 bits per heavy atom. The topological polar surface area (TPSA) is 81.0 Å². The summed E-state index contributed by atoms with van der Waals surface area (Å²) in [7, 11) is 0. The van der Waals surface area contributed by atoms with Crippen LogP contribution in [-0.4, -0.2) is 60.0 Å². The van der Waals surface area contributed by atoms with Crippen LogP contribution in [0.2, 0.25) is 0 Å². The third-order valence-electron chi connectivity index (χ3n) is 4.02. The first-order chi connectivity index (χ1) is 12.7. The summed E-state index contributed by atoms with van der Waals surface area (Å²) in [5.41, 5.74) is 6.57. The van der Waals surface area contributed by atoms with E-state index in [1.807, 2.05) is 4.90 Å². The van der Waals surface area contributed by atoms with E-state index in [1.165, 1.54) is 4.57 Å². The molecule has 0 bridgehead atoms. The SMILES string of the molecule is C=N/C(=C\C(=N/CN)n1c(C(F)F)nc2ccccc21)N1CCOCC1. The average Bonchev–Trinajstić information content (AvgIpc) is 3.06. The van der Waals surface area contributed by atoms with Crippen LogP contribution in [0.5, 0.6) is 0 Å². The highest BCUT2D eigenvalue weighted by molar-refractivity contribution is 6.01. The summed E-state index contributed by atoms with van der Waals surface area (Å²) in [6, 6.07) is 6.89. The van der Waals surface area contributed by atoms with Crippen LogP contribution in [0.4, 0.5) is 8.78 Å². The van der Waals surface area contributed by atoms with Crippen LogP contribution in [0.15, 0.2) is 46.1 Å². The molecule has 1 aromatic heterocycles. The normalized spacial score (nSPS) is 16.5. The molecule has 0 spiro atoms. The summed E-state index contributed by atoms with van der Waals surface area (Å²) < 4.78 is 33.8. The molecule has 0 atom stereocenters. The Morgan fingerprint density at radius 3 is 2.73 bits per heavy atom. The standard InChI is InChI=1S/C17H20F2N6O/c1-21-14(24-6-8-26-9-7-24)10-15(22-11-20)25-13-5-3-2-4-12(13)23-17(25)16(18)19/h2-5,10,16H,1,6-9,11,20H2/b14-10+,22-15+. The number of ether oxygens (including phenoxy) is 1. The number of halogens is 2. The van der Waals surface area contributed by atoms with E-state index in [0.29, 0.717) is 43.2 Å². The van der Waals surface area contributed by atoms with E-state index in [0.717, 1.165) is 0 Å². The number of imidazole rings is 1. The third kappa shape index (κ3) is 3.63. The Kier molecular flexibility index (Phi) is 5.69. The number of hydrogen-bond acceptors (Lipinski definition) is 6. The van der Waals surface area contributed by atoms with E-state index >= 15 is 0 Å². The predicted octanol–water partition coefficient (Wildman–Crippen LogP) is 2.01. The van der Waals surface area contributed by atoms with Crippen LogP contribution in [0.1, 0.15) is 12.2 Å². The lowest BCUT2D eigenvalue weighted by molar-refractivity contribution is 0.0533. The number of benzene rings is 1. The molecule has 1 saturated heterocycles. The van der Waals surface area contributed by atoms with Crippen molar-refractivity contribution in [1.82, 2.24) is 14.5 Å². The number of hydrogen-bond donors (Lipinski definition) is 1. The Balaban J connectivity index is 2.12. The smallest absolute Gasteiger partial charge is 0.296 e. The third-order valence-corrected chi connectivity index (χ3v) is 4.02. The molecule has 1 aliphatic heterocycles. The monoisotopic (exact) mass is 362 g/mol. The molecule has 138 valence electrons. The molecule has 1 aliphatic rings. The number of alkyl halides is 2. The van der Waals surface area contributed by atoms with Gasteiger partial charge in [0.15, 0.2) is 5.82 Å². The van der Waals surface area contributed by atoms with E-state index in [-0.39, 0.29) is 18.3 Å². The van der Waals surface area contributed by atoms with Crippen molar-refractivity contribution in [3.05, 3.63) is 42.0 Å². The highest BCUT2D eigenvalue weighted by atomic mass is 19.3. The number of para-hydroxylation sites is 2. The van der Waals surface area contributed by atoms with Crippen LogP contribution in [-0.2, 0) is 4.74 Å². The second kappa shape index (κ2) is 8.15. The molecule has 7 nitrogen and oxygen atoms in total. The zero-order valence-corrected chi connectivity index (χ0v) is 14.2. The fourth-order valence-corrected chi connectivity index (χ4v) is 2.85. The lowest BCUT2D eigenvalue weighted by Gasteiger charge is -2.28. The summed E-state index contributed by atoms with van der Waals surface area (Å²) in [6.45, 7) is 5.92. The molecule has 3 rings (SSSR count). The van der Waals surface area contributed by atoms with Crippen LogP contribution >= 0.6 is 0 Å². The summed E-state index contributed by atoms with van der Waals surface area (Å²) in [5, 5.41) is 0. The Hall–Kier alpha value is -2.65. The van der Waals surface area contributed by atoms with Gasteiger partial charge in [0.1, 0.15) is 11.7 Å². The van der Waals surface area contributed by atoms with Crippen molar-refractivity contribution in [3.8, 4) is 0 Å². The summed E-state index contributed by atoms with van der Waals surface area (Å²) in [4.78, 5) is 14.2. The van der Waals surface area contributed by atoms with Crippen molar-refractivity contribution in [2.75, 3.05) is 33.0 Å². The molecule has 0 amide bonds.